The third-order valence-corrected chi connectivity index (χ3v) is 3.98. The second-order valence-corrected chi connectivity index (χ2v) is 5.93. The van der Waals surface area contributed by atoms with Gasteiger partial charge in [0.15, 0.2) is 5.65 Å². The summed E-state index contributed by atoms with van der Waals surface area (Å²) in [6, 6.07) is 13.4. The third kappa shape index (κ3) is 2.21. The molecule has 0 aliphatic heterocycles. The first kappa shape index (κ1) is 13.7. The van der Waals surface area contributed by atoms with Crippen molar-refractivity contribution in [1.82, 2.24) is 19.6 Å². The van der Waals surface area contributed by atoms with Gasteiger partial charge in [-0.25, -0.2) is 4.98 Å². The van der Waals surface area contributed by atoms with E-state index in [9.17, 15) is 4.79 Å². The normalized spacial score (nSPS) is 11.6. The molecule has 3 heterocycles. The standard InChI is InChI=1S/C18H16N4O/c1-11(2)15-9-16-19-10-13-8-14(12-6-4-3-5-7-12)18(23)20-17(13)22(16)21-15/h3-11H,1-2H3,(H,20,23). The number of hydrogen-bond donors (Lipinski definition) is 1. The maximum atomic E-state index is 12.5. The average Bonchev–Trinajstić information content (AvgIpc) is 3.00. The number of fused-ring (bicyclic) bond motifs is 3. The minimum atomic E-state index is -0.127. The predicted octanol–water partition coefficient (Wildman–Crippen LogP) is 3.36. The van der Waals surface area contributed by atoms with Crippen LogP contribution in [0, 0.1) is 0 Å². The molecule has 1 aromatic carbocycles. The molecule has 114 valence electrons. The molecule has 4 rings (SSSR count). The van der Waals surface area contributed by atoms with E-state index in [1.54, 1.807) is 10.7 Å². The van der Waals surface area contributed by atoms with Crippen LogP contribution in [-0.2, 0) is 0 Å². The molecular formula is C18H16N4O. The number of hydrogen-bond acceptors (Lipinski definition) is 3. The molecule has 0 amide bonds. The first-order chi connectivity index (χ1) is 11.1. The summed E-state index contributed by atoms with van der Waals surface area (Å²) in [4.78, 5) is 19.9. The van der Waals surface area contributed by atoms with Gasteiger partial charge in [-0.05, 0) is 17.5 Å². The fourth-order valence-electron chi connectivity index (χ4n) is 2.71. The van der Waals surface area contributed by atoms with Crippen molar-refractivity contribution in [3.8, 4) is 11.1 Å². The maximum absolute atomic E-state index is 12.5. The summed E-state index contributed by atoms with van der Waals surface area (Å²) in [6.45, 7) is 4.17. The number of nitrogens with zero attached hydrogens (tertiary/aromatic N) is 3. The van der Waals surface area contributed by atoms with Crippen LogP contribution >= 0.6 is 0 Å². The molecule has 23 heavy (non-hydrogen) atoms. The summed E-state index contributed by atoms with van der Waals surface area (Å²) < 4.78 is 1.71. The lowest BCUT2D eigenvalue weighted by atomic mass is 10.1. The molecule has 0 atom stereocenters. The average molecular weight is 304 g/mol. The molecule has 0 fully saturated rings. The van der Waals surface area contributed by atoms with Crippen molar-refractivity contribution in [3.63, 3.8) is 0 Å². The molecule has 3 aromatic heterocycles. The first-order valence-electron chi connectivity index (χ1n) is 7.60. The van der Waals surface area contributed by atoms with Crippen LogP contribution in [0.15, 0.2) is 53.5 Å². The van der Waals surface area contributed by atoms with Crippen molar-refractivity contribution < 1.29 is 0 Å². The number of nitrogens with one attached hydrogen (secondary N) is 1. The minimum Gasteiger partial charge on any atom is -0.306 e. The minimum absolute atomic E-state index is 0.127. The Labute approximate surface area is 132 Å². The maximum Gasteiger partial charge on any atom is 0.257 e. The van der Waals surface area contributed by atoms with E-state index >= 15 is 0 Å². The molecule has 0 unspecified atom stereocenters. The topological polar surface area (TPSA) is 63.0 Å². The first-order valence-corrected chi connectivity index (χ1v) is 7.60. The van der Waals surface area contributed by atoms with Gasteiger partial charge in [-0.1, -0.05) is 44.2 Å². The Balaban J connectivity index is 2.01. The SMILES string of the molecule is CC(C)c1cc2ncc3cc(-c4ccccc4)c(=O)[nH]c3n2n1. The van der Waals surface area contributed by atoms with Gasteiger partial charge in [0.25, 0.3) is 5.56 Å². The van der Waals surface area contributed by atoms with Crippen LogP contribution in [0.3, 0.4) is 0 Å². The molecule has 5 heteroatoms. The lowest BCUT2D eigenvalue weighted by Crippen LogP contribution is -2.11. The van der Waals surface area contributed by atoms with E-state index in [2.05, 4.69) is 28.9 Å². The van der Waals surface area contributed by atoms with E-state index in [0.717, 1.165) is 22.3 Å². The Kier molecular flexibility index (Phi) is 3.01. The molecule has 0 aliphatic rings. The number of pyridine rings is 1. The second-order valence-electron chi connectivity index (χ2n) is 5.93. The summed E-state index contributed by atoms with van der Waals surface area (Å²) in [6.07, 6.45) is 1.78. The largest absolute Gasteiger partial charge is 0.306 e. The summed E-state index contributed by atoms with van der Waals surface area (Å²) in [5, 5.41) is 5.42. The zero-order chi connectivity index (χ0) is 16.0. The van der Waals surface area contributed by atoms with Crippen LogP contribution in [0.25, 0.3) is 27.8 Å². The monoisotopic (exact) mass is 304 g/mol. The quantitative estimate of drug-likeness (QED) is 0.617. The molecular weight excluding hydrogens is 288 g/mol. The smallest absolute Gasteiger partial charge is 0.257 e. The van der Waals surface area contributed by atoms with Gasteiger partial charge >= 0.3 is 0 Å². The molecule has 1 N–H and O–H groups in total. The van der Waals surface area contributed by atoms with Crippen LogP contribution in [0.5, 0.6) is 0 Å². The summed E-state index contributed by atoms with van der Waals surface area (Å²) in [5.41, 5.74) is 3.77. The van der Waals surface area contributed by atoms with Gasteiger partial charge in [-0.3, -0.25) is 4.79 Å². The van der Waals surface area contributed by atoms with Crippen molar-refractivity contribution >= 4 is 16.7 Å². The van der Waals surface area contributed by atoms with Gasteiger partial charge in [0.2, 0.25) is 0 Å². The number of aromatic nitrogens is 4. The van der Waals surface area contributed by atoms with Crippen molar-refractivity contribution in [2.45, 2.75) is 19.8 Å². The fourth-order valence-corrected chi connectivity index (χ4v) is 2.71. The van der Waals surface area contributed by atoms with Crippen LogP contribution in [-0.4, -0.2) is 19.6 Å². The Bertz CT molecular complexity index is 1060. The molecule has 0 radical (unpaired) electrons. The summed E-state index contributed by atoms with van der Waals surface area (Å²) in [7, 11) is 0. The molecule has 0 saturated heterocycles. The van der Waals surface area contributed by atoms with Crippen molar-refractivity contribution in [2.75, 3.05) is 0 Å². The van der Waals surface area contributed by atoms with Gasteiger partial charge in [0.1, 0.15) is 5.65 Å². The highest BCUT2D eigenvalue weighted by molar-refractivity contribution is 5.81. The van der Waals surface area contributed by atoms with E-state index in [4.69, 9.17) is 0 Å². The van der Waals surface area contributed by atoms with Crippen molar-refractivity contribution in [1.29, 1.82) is 0 Å². The molecule has 4 aromatic rings. The zero-order valence-electron chi connectivity index (χ0n) is 12.9. The van der Waals surface area contributed by atoms with Crippen LogP contribution in [0.4, 0.5) is 0 Å². The molecule has 0 spiro atoms. The third-order valence-electron chi connectivity index (χ3n) is 3.98. The van der Waals surface area contributed by atoms with Gasteiger partial charge < -0.3 is 4.98 Å². The number of H-pyrrole nitrogens is 1. The number of aromatic amines is 1. The van der Waals surface area contributed by atoms with Gasteiger partial charge in [0, 0.05) is 23.2 Å². The highest BCUT2D eigenvalue weighted by Crippen LogP contribution is 2.21. The van der Waals surface area contributed by atoms with Gasteiger partial charge in [-0.15, -0.1) is 0 Å². The van der Waals surface area contributed by atoms with E-state index in [0.29, 0.717) is 17.1 Å². The summed E-state index contributed by atoms with van der Waals surface area (Å²) >= 11 is 0. The van der Waals surface area contributed by atoms with Crippen LogP contribution in [0.2, 0.25) is 0 Å². The van der Waals surface area contributed by atoms with Gasteiger partial charge in [0.05, 0.1) is 5.69 Å². The van der Waals surface area contributed by atoms with E-state index < -0.39 is 0 Å². The predicted molar refractivity (Wildman–Crippen MR) is 90.6 cm³/mol. The zero-order valence-corrected chi connectivity index (χ0v) is 12.9. The Morgan fingerprint density at radius 2 is 1.91 bits per heavy atom. The molecule has 0 saturated carbocycles. The molecule has 0 bridgehead atoms. The highest BCUT2D eigenvalue weighted by atomic mass is 16.1. The van der Waals surface area contributed by atoms with Crippen LogP contribution in [0.1, 0.15) is 25.5 Å². The fraction of sp³-hybridized carbons (Fsp3) is 0.167. The lowest BCUT2D eigenvalue weighted by molar-refractivity contribution is 0.792. The highest BCUT2D eigenvalue weighted by Gasteiger charge is 2.12. The Morgan fingerprint density at radius 3 is 2.65 bits per heavy atom. The number of rotatable bonds is 2. The number of benzene rings is 1. The summed E-state index contributed by atoms with van der Waals surface area (Å²) in [5.74, 6) is 0.307. The second kappa shape index (κ2) is 5.05. The molecule has 5 nitrogen and oxygen atoms in total. The Hall–Kier alpha value is -2.95. The van der Waals surface area contributed by atoms with Crippen LogP contribution < -0.4 is 5.56 Å². The van der Waals surface area contributed by atoms with Crippen molar-refractivity contribution in [2.24, 2.45) is 0 Å². The van der Waals surface area contributed by atoms with Crippen molar-refractivity contribution in [3.05, 3.63) is 64.7 Å². The van der Waals surface area contributed by atoms with E-state index in [1.807, 2.05) is 42.5 Å². The van der Waals surface area contributed by atoms with E-state index in [1.165, 1.54) is 0 Å². The Morgan fingerprint density at radius 1 is 1.13 bits per heavy atom. The molecule has 0 aliphatic carbocycles. The van der Waals surface area contributed by atoms with Gasteiger partial charge in [-0.2, -0.15) is 9.61 Å². The van der Waals surface area contributed by atoms with E-state index in [-0.39, 0.29) is 5.56 Å². The lowest BCUT2D eigenvalue weighted by Gasteiger charge is -2.05.